The summed E-state index contributed by atoms with van der Waals surface area (Å²) in [6, 6.07) is 6.68. The zero-order chi connectivity index (χ0) is 17.1. The normalized spacial score (nSPS) is 24.7. The van der Waals surface area contributed by atoms with E-state index in [0.29, 0.717) is 47.7 Å². The van der Waals surface area contributed by atoms with Crippen molar-refractivity contribution in [2.24, 2.45) is 11.8 Å². The van der Waals surface area contributed by atoms with Gasteiger partial charge in [-0.15, -0.1) is 12.4 Å². The van der Waals surface area contributed by atoms with Crippen LogP contribution in [0.3, 0.4) is 0 Å². The number of anilines is 1. The number of hydrogen-bond acceptors (Lipinski definition) is 3. The van der Waals surface area contributed by atoms with Gasteiger partial charge in [-0.3, -0.25) is 4.79 Å². The average molecular weight is 387 g/mol. The summed E-state index contributed by atoms with van der Waals surface area (Å²) in [5, 5.41) is 7.12. The van der Waals surface area contributed by atoms with Crippen LogP contribution in [0.15, 0.2) is 18.2 Å². The van der Waals surface area contributed by atoms with Crippen molar-refractivity contribution in [2.75, 3.05) is 11.9 Å². The second-order valence-corrected chi connectivity index (χ2v) is 7.98. The largest absolute Gasteiger partial charge is 0.492 e. The fourth-order valence-electron chi connectivity index (χ4n) is 3.77. The minimum Gasteiger partial charge on any atom is -0.492 e. The van der Waals surface area contributed by atoms with Crippen LogP contribution in [0.1, 0.15) is 46.0 Å². The van der Waals surface area contributed by atoms with Crippen LogP contribution in [0, 0.1) is 11.8 Å². The lowest BCUT2D eigenvalue weighted by molar-refractivity contribution is -0.117. The predicted molar refractivity (Wildman–Crippen MR) is 105 cm³/mol. The molecule has 3 rings (SSSR count). The Bertz CT molecular complexity index is 583. The van der Waals surface area contributed by atoms with Crippen molar-refractivity contribution in [3.05, 3.63) is 23.2 Å². The van der Waals surface area contributed by atoms with E-state index in [2.05, 4.69) is 24.5 Å². The van der Waals surface area contributed by atoms with Gasteiger partial charge in [0, 0.05) is 24.2 Å². The summed E-state index contributed by atoms with van der Waals surface area (Å²) in [6.45, 7) is 4.81. The molecule has 2 aliphatic rings. The topological polar surface area (TPSA) is 50.4 Å². The zero-order valence-electron chi connectivity index (χ0n) is 14.9. The zero-order valence-corrected chi connectivity index (χ0v) is 16.5. The number of rotatable bonds is 6. The number of ether oxygens (including phenoxy) is 1. The quantitative estimate of drug-likeness (QED) is 0.747. The SMILES string of the molecule is CC(C)COc1ccc(NC(=O)CC2CC3CCC(C2)N3)cc1Cl.Cl. The molecule has 2 saturated heterocycles. The van der Waals surface area contributed by atoms with Crippen molar-refractivity contribution in [1.29, 1.82) is 0 Å². The van der Waals surface area contributed by atoms with E-state index < -0.39 is 0 Å². The van der Waals surface area contributed by atoms with Gasteiger partial charge in [-0.25, -0.2) is 0 Å². The van der Waals surface area contributed by atoms with E-state index in [-0.39, 0.29) is 18.3 Å². The van der Waals surface area contributed by atoms with Gasteiger partial charge < -0.3 is 15.4 Å². The first-order valence-corrected chi connectivity index (χ1v) is 9.35. The molecule has 0 aliphatic carbocycles. The van der Waals surface area contributed by atoms with Crippen molar-refractivity contribution >= 4 is 35.6 Å². The summed E-state index contributed by atoms with van der Waals surface area (Å²) < 4.78 is 5.66. The Morgan fingerprint density at radius 1 is 1.32 bits per heavy atom. The molecule has 2 fully saturated rings. The Hall–Kier alpha value is -0.970. The van der Waals surface area contributed by atoms with E-state index in [0.717, 1.165) is 18.5 Å². The van der Waals surface area contributed by atoms with E-state index in [9.17, 15) is 4.79 Å². The molecular formula is C19H28Cl2N2O2. The molecule has 2 N–H and O–H groups in total. The van der Waals surface area contributed by atoms with Gasteiger partial charge in [-0.1, -0.05) is 25.4 Å². The Balaban J connectivity index is 0.00000225. The second kappa shape index (κ2) is 9.11. The van der Waals surface area contributed by atoms with Gasteiger partial charge in [-0.2, -0.15) is 0 Å². The summed E-state index contributed by atoms with van der Waals surface area (Å²) >= 11 is 6.25. The molecule has 2 atom stereocenters. The van der Waals surface area contributed by atoms with E-state index in [1.165, 1.54) is 12.8 Å². The molecule has 2 heterocycles. The maximum atomic E-state index is 12.3. The molecule has 1 aromatic carbocycles. The van der Waals surface area contributed by atoms with Crippen LogP contribution in [0.25, 0.3) is 0 Å². The average Bonchev–Trinajstić information content (AvgIpc) is 2.85. The van der Waals surface area contributed by atoms with Gasteiger partial charge in [0.15, 0.2) is 0 Å². The summed E-state index contributed by atoms with van der Waals surface area (Å²) in [6.07, 6.45) is 5.35. The van der Waals surface area contributed by atoms with Crippen LogP contribution in [0.5, 0.6) is 5.75 Å². The lowest BCUT2D eigenvalue weighted by atomic mass is 9.89. The van der Waals surface area contributed by atoms with Gasteiger partial charge in [-0.05, 0) is 55.7 Å². The van der Waals surface area contributed by atoms with Crippen LogP contribution in [0.2, 0.25) is 5.02 Å². The molecule has 25 heavy (non-hydrogen) atoms. The molecule has 0 spiro atoms. The van der Waals surface area contributed by atoms with Crippen molar-refractivity contribution in [3.8, 4) is 5.75 Å². The fourth-order valence-corrected chi connectivity index (χ4v) is 4.00. The standard InChI is InChI=1S/C19H27ClN2O2.ClH/c1-12(2)11-24-18-6-5-16(10-17(18)20)22-19(23)9-13-7-14-3-4-15(8-13)21-14;/h5-6,10,12-15,21H,3-4,7-9,11H2,1-2H3,(H,22,23);1H. The smallest absolute Gasteiger partial charge is 0.224 e. The molecule has 140 valence electrons. The molecule has 6 heteroatoms. The lowest BCUT2D eigenvalue weighted by Gasteiger charge is -2.28. The van der Waals surface area contributed by atoms with E-state index in [1.807, 2.05) is 12.1 Å². The van der Waals surface area contributed by atoms with E-state index in [4.69, 9.17) is 16.3 Å². The first kappa shape index (κ1) is 20.3. The van der Waals surface area contributed by atoms with Crippen molar-refractivity contribution < 1.29 is 9.53 Å². The van der Waals surface area contributed by atoms with Crippen LogP contribution < -0.4 is 15.4 Å². The number of fused-ring (bicyclic) bond motifs is 2. The number of piperidine rings is 1. The third-order valence-electron chi connectivity index (χ3n) is 4.83. The van der Waals surface area contributed by atoms with Gasteiger partial charge in [0.05, 0.1) is 11.6 Å². The Morgan fingerprint density at radius 2 is 2.00 bits per heavy atom. The minimum absolute atomic E-state index is 0. The number of benzene rings is 1. The van der Waals surface area contributed by atoms with Crippen LogP contribution in [-0.4, -0.2) is 24.6 Å². The van der Waals surface area contributed by atoms with Crippen molar-refractivity contribution in [1.82, 2.24) is 5.32 Å². The Kier molecular flexibility index (Phi) is 7.41. The maximum absolute atomic E-state index is 12.3. The monoisotopic (exact) mass is 386 g/mol. The van der Waals surface area contributed by atoms with E-state index in [1.54, 1.807) is 6.07 Å². The second-order valence-electron chi connectivity index (χ2n) is 7.58. The van der Waals surface area contributed by atoms with E-state index >= 15 is 0 Å². The molecule has 2 unspecified atom stereocenters. The number of carbonyl (C=O) groups is 1. The molecule has 1 aromatic rings. The summed E-state index contributed by atoms with van der Waals surface area (Å²) in [4.78, 5) is 12.3. The highest BCUT2D eigenvalue weighted by atomic mass is 35.5. The Labute approximate surface area is 161 Å². The highest BCUT2D eigenvalue weighted by Crippen LogP contribution is 2.33. The maximum Gasteiger partial charge on any atom is 0.224 e. The van der Waals surface area contributed by atoms with Crippen molar-refractivity contribution in [3.63, 3.8) is 0 Å². The molecule has 0 aromatic heterocycles. The number of hydrogen-bond donors (Lipinski definition) is 2. The lowest BCUT2D eigenvalue weighted by Crippen LogP contribution is -2.39. The number of halogens is 2. The molecule has 2 aliphatic heterocycles. The third-order valence-corrected chi connectivity index (χ3v) is 5.13. The molecule has 4 nitrogen and oxygen atoms in total. The highest BCUT2D eigenvalue weighted by molar-refractivity contribution is 6.32. The number of nitrogens with one attached hydrogen (secondary N) is 2. The molecule has 1 amide bonds. The molecule has 0 radical (unpaired) electrons. The summed E-state index contributed by atoms with van der Waals surface area (Å²) in [5.74, 6) is 1.68. The van der Waals surface area contributed by atoms with Crippen LogP contribution in [-0.2, 0) is 4.79 Å². The molecule has 2 bridgehead atoms. The number of carbonyl (C=O) groups excluding carboxylic acids is 1. The highest BCUT2D eigenvalue weighted by Gasteiger charge is 2.34. The molecule has 0 saturated carbocycles. The van der Waals surface area contributed by atoms with Gasteiger partial charge in [0.1, 0.15) is 5.75 Å². The van der Waals surface area contributed by atoms with Gasteiger partial charge >= 0.3 is 0 Å². The molecular weight excluding hydrogens is 359 g/mol. The summed E-state index contributed by atoms with van der Waals surface area (Å²) in [5.41, 5.74) is 0.735. The first-order valence-electron chi connectivity index (χ1n) is 8.98. The third kappa shape index (κ3) is 5.77. The summed E-state index contributed by atoms with van der Waals surface area (Å²) in [7, 11) is 0. The van der Waals surface area contributed by atoms with Gasteiger partial charge in [0.2, 0.25) is 5.91 Å². The predicted octanol–water partition coefficient (Wildman–Crippen LogP) is 4.66. The fraction of sp³-hybridized carbons (Fsp3) is 0.632. The van der Waals surface area contributed by atoms with Crippen molar-refractivity contribution in [2.45, 2.75) is 58.0 Å². The minimum atomic E-state index is 0. The van der Waals surface area contributed by atoms with Gasteiger partial charge in [0.25, 0.3) is 0 Å². The number of amides is 1. The van der Waals surface area contributed by atoms with Crippen LogP contribution >= 0.6 is 24.0 Å². The van der Waals surface area contributed by atoms with Crippen LogP contribution in [0.4, 0.5) is 5.69 Å². The Morgan fingerprint density at radius 3 is 2.60 bits per heavy atom. The first-order chi connectivity index (χ1) is 11.5.